The number of nitrogens with zero attached hydrogens (tertiary/aromatic N) is 1. The van der Waals surface area contributed by atoms with Crippen LogP contribution in [0.4, 0.5) is 0 Å². The van der Waals surface area contributed by atoms with Crippen LogP contribution in [0.3, 0.4) is 0 Å². The van der Waals surface area contributed by atoms with E-state index in [-0.39, 0.29) is 17.7 Å². The van der Waals surface area contributed by atoms with Crippen molar-refractivity contribution in [2.45, 2.75) is 45.7 Å². The number of carbonyl (C=O) groups is 2. The van der Waals surface area contributed by atoms with E-state index < -0.39 is 0 Å². The molecule has 2 heterocycles. The predicted octanol–water partition coefficient (Wildman–Crippen LogP) is 3.48. The molecule has 156 valence electrons. The third-order valence-corrected chi connectivity index (χ3v) is 6.52. The molecule has 0 saturated carbocycles. The lowest BCUT2D eigenvalue weighted by molar-refractivity contribution is -0.126. The van der Waals surface area contributed by atoms with Crippen molar-refractivity contribution in [1.29, 1.82) is 0 Å². The zero-order valence-corrected chi connectivity index (χ0v) is 18.0. The normalized spacial score (nSPS) is 19.2. The molecule has 1 fully saturated rings. The number of hydrogen-bond acceptors (Lipinski definition) is 4. The fraction of sp³-hybridized carbons (Fsp3) is 0.478. The largest absolute Gasteiger partial charge is 0.356 e. The Kier molecular flexibility index (Phi) is 8.25. The SMILES string of the molecule is Cc1ccsc1CN1CCCC(C(=O)NCc2ccccc2)CCNC(=O)CC1. The summed E-state index contributed by atoms with van der Waals surface area (Å²) < 4.78 is 0. The van der Waals surface area contributed by atoms with Crippen LogP contribution >= 0.6 is 11.3 Å². The van der Waals surface area contributed by atoms with Crippen molar-refractivity contribution >= 4 is 23.2 Å². The van der Waals surface area contributed by atoms with Crippen molar-refractivity contribution in [3.05, 3.63) is 57.8 Å². The summed E-state index contributed by atoms with van der Waals surface area (Å²) in [6.07, 6.45) is 3.00. The van der Waals surface area contributed by atoms with Crippen molar-refractivity contribution in [3.63, 3.8) is 0 Å². The van der Waals surface area contributed by atoms with Gasteiger partial charge in [0.2, 0.25) is 11.8 Å². The first-order chi connectivity index (χ1) is 14.1. The summed E-state index contributed by atoms with van der Waals surface area (Å²) in [6.45, 7) is 5.79. The van der Waals surface area contributed by atoms with Gasteiger partial charge in [0, 0.05) is 43.4 Å². The topological polar surface area (TPSA) is 61.4 Å². The molecule has 6 heteroatoms. The number of amides is 2. The maximum atomic E-state index is 12.7. The van der Waals surface area contributed by atoms with E-state index in [0.717, 1.165) is 38.0 Å². The van der Waals surface area contributed by atoms with E-state index in [1.807, 2.05) is 30.3 Å². The summed E-state index contributed by atoms with van der Waals surface area (Å²) in [5, 5.41) is 8.18. The van der Waals surface area contributed by atoms with E-state index >= 15 is 0 Å². The van der Waals surface area contributed by atoms with Crippen LogP contribution in [0.25, 0.3) is 0 Å². The Morgan fingerprint density at radius 2 is 2.03 bits per heavy atom. The standard InChI is InChI=1S/C23H31N3O2S/c1-18-11-15-29-21(18)17-26-13-5-8-20(9-12-24-22(27)10-14-26)23(28)25-16-19-6-3-2-4-7-19/h2-4,6-7,11,15,20H,5,8-10,12-14,16-17H2,1H3,(H,24,27)(H,25,28). The number of nitrogens with one attached hydrogen (secondary N) is 2. The van der Waals surface area contributed by atoms with Crippen LogP contribution < -0.4 is 10.6 Å². The van der Waals surface area contributed by atoms with Gasteiger partial charge in [-0.15, -0.1) is 11.3 Å². The minimum atomic E-state index is -0.0672. The quantitative estimate of drug-likeness (QED) is 0.789. The fourth-order valence-electron chi connectivity index (χ4n) is 3.67. The third-order valence-electron chi connectivity index (χ3n) is 5.51. The van der Waals surface area contributed by atoms with E-state index in [2.05, 4.69) is 33.9 Å². The number of aryl methyl sites for hydroxylation is 1. The molecule has 0 aliphatic carbocycles. The van der Waals surface area contributed by atoms with Gasteiger partial charge in [-0.25, -0.2) is 0 Å². The molecule has 1 aliphatic heterocycles. The molecular formula is C23H31N3O2S. The van der Waals surface area contributed by atoms with Gasteiger partial charge in [-0.1, -0.05) is 30.3 Å². The molecule has 1 aromatic heterocycles. The highest BCUT2D eigenvalue weighted by Gasteiger charge is 2.20. The molecule has 1 aromatic carbocycles. The van der Waals surface area contributed by atoms with Gasteiger partial charge in [-0.05, 0) is 55.3 Å². The fourth-order valence-corrected chi connectivity index (χ4v) is 4.62. The third kappa shape index (κ3) is 6.98. The molecule has 1 atom stereocenters. The molecule has 2 amide bonds. The van der Waals surface area contributed by atoms with Crippen LogP contribution in [-0.4, -0.2) is 36.3 Å². The first kappa shape index (κ1) is 21.5. The summed E-state index contributed by atoms with van der Waals surface area (Å²) in [4.78, 5) is 28.6. The predicted molar refractivity (Wildman–Crippen MR) is 118 cm³/mol. The zero-order chi connectivity index (χ0) is 20.5. The average Bonchev–Trinajstić information content (AvgIpc) is 3.12. The Bertz CT molecular complexity index is 790. The lowest BCUT2D eigenvalue weighted by Gasteiger charge is -2.22. The van der Waals surface area contributed by atoms with E-state index in [9.17, 15) is 9.59 Å². The highest BCUT2D eigenvalue weighted by atomic mass is 32.1. The van der Waals surface area contributed by atoms with E-state index in [4.69, 9.17) is 0 Å². The van der Waals surface area contributed by atoms with Crippen LogP contribution in [-0.2, 0) is 22.7 Å². The van der Waals surface area contributed by atoms with Gasteiger partial charge in [-0.2, -0.15) is 0 Å². The zero-order valence-electron chi connectivity index (χ0n) is 17.2. The summed E-state index contributed by atoms with van der Waals surface area (Å²) in [7, 11) is 0. The first-order valence-corrected chi connectivity index (χ1v) is 11.3. The molecule has 1 saturated heterocycles. The monoisotopic (exact) mass is 413 g/mol. The average molecular weight is 414 g/mol. The van der Waals surface area contributed by atoms with Gasteiger partial charge >= 0.3 is 0 Å². The number of benzene rings is 1. The molecule has 5 nitrogen and oxygen atoms in total. The van der Waals surface area contributed by atoms with Gasteiger partial charge in [0.1, 0.15) is 0 Å². The number of hydrogen-bond donors (Lipinski definition) is 2. The van der Waals surface area contributed by atoms with Crippen molar-refractivity contribution in [1.82, 2.24) is 15.5 Å². The van der Waals surface area contributed by atoms with Crippen molar-refractivity contribution in [3.8, 4) is 0 Å². The second kappa shape index (κ2) is 11.1. The van der Waals surface area contributed by atoms with Crippen LogP contribution in [0, 0.1) is 12.8 Å². The second-order valence-electron chi connectivity index (χ2n) is 7.73. The van der Waals surface area contributed by atoms with Crippen LogP contribution in [0.15, 0.2) is 41.8 Å². The van der Waals surface area contributed by atoms with Crippen LogP contribution in [0.1, 0.15) is 41.7 Å². The van der Waals surface area contributed by atoms with E-state index in [1.165, 1.54) is 10.4 Å². The number of rotatable bonds is 5. The molecule has 2 N–H and O–H groups in total. The molecule has 1 unspecified atom stereocenters. The van der Waals surface area contributed by atoms with Crippen LogP contribution in [0.2, 0.25) is 0 Å². The minimum absolute atomic E-state index is 0.0672. The van der Waals surface area contributed by atoms with Gasteiger partial charge in [0.15, 0.2) is 0 Å². The van der Waals surface area contributed by atoms with Gasteiger partial charge in [0.25, 0.3) is 0 Å². The summed E-state index contributed by atoms with van der Waals surface area (Å²) in [5.41, 5.74) is 2.41. The molecule has 0 radical (unpaired) electrons. The van der Waals surface area contributed by atoms with E-state index in [0.29, 0.717) is 25.9 Å². The van der Waals surface area contributed by atoms with Crippen molar-refractivity contribution < 1.29 is 9.59 Å². The first-order valence-electron chi connectivity index (χ1n) is 10.5. The smallest absolute Gasteiger partial charge is 0.223 e. The Morgan fingerprint density at radius 3 is 2.79 bits per heavy atom. The second-order valence-corrected chi connectivity index (χ2v) is 8.73. The highest BCUT2D eigenvalue weighted by Crippen LogP contribution is 2.20. The molecular weight excluding hydrogens is 382 g/mol. The maximum absolute atomic E-state index is 12.7. The molecule has 0 spiro atoms. The summed E-state index contributed by atoms with van der Waals surface area (Å²) in [6, 6.07) is 12.1. The maximum Gasteiger partial charge on any atom is 0.223 e. The van der Waals surface area contributed by atoms with Gasteiger partial charge in [-0.3, -0.25) is 14.5 Å². The highest BCUT2D eigenvalue weighted by molar-refractivity contribution is 7.10. The Morgan fingerprint density at radius 1 is 1.21 bits per heavy atom. The van der Waals surface area contributed by atoms with Crippen molar-refractivity contribution in [2.75, 3.05) is 19.6 Å². The van der Waals surface area contributed by atoms with E-state index in [1.54, 1.807) is 11.3 Å². The van der Waals surface area contributed by atoms with Crippen molar-refractivity contribution in [2.24, 2.45) is 5.92 Å². The lowest BCUT2D eigenvalue weighted by Crippen LogP contribution is -2.33. The van der Waals surface area contributed by atoms with Gasteiger partial charge in [0.05, 0.1) is 0 Å². The number of carbonyl (C=O) groups excluding carboxylic acids is 2. The molecule has 0 bridgehead atoms. The minimum Gasteiger partial charge on any atom is -0.356 e. The Balaban J connectivity index is 1.56. The molecule has 29 heavy (non-hydrogen) atoms. The molecule has 3 rings (SSSR count). The summed E-state index contributed by atoms with van der Waals surface area (Å²) in [5.74, 6) is 0.0914. The Labute approximate surface area is 177 Å². The molecule has 2 aromatic rings. The number of thiophene rings is 1. The van der Waals surface area contributed by atoms with Crippen LogP contribution in [0.5, 0.6) is 0 Å². The summed E-state index contributed by atoms with van der Waals surface area (Å²) >= 11 is 1.77. The lowest BCUT2D eigenvalue weighted by atomic mass is 9.98. The van der Waals surface area contributed by atoms with Gasteiger partial charge < -0.3 is 10.6 Å². The Hall–Kier alpha value is -2.18. The molecule has 1 aliphatic rings.